The number of nitrogens with one attached hydrogen (secondary N) is 2. The van der Waals surface area contributed by atoms with Gasteiger partial charge in [0.05, 0.1) is 11.6 Å². The van der Waals surface area contributed by atoms with Crippen LogP contribution in [0.25, 0.3) is 0 Å². The van der Waals surface area contributed by atoms with Crippen molar-refractivity contribution in [3.05, 3.63) is 27.7 Å². The van der Waals surface area contributed by atoms with Gasteiger partial charge in [-0.3, -0.25) is 9.59 Å². The van der Waals surface area contributed by atoms with E-state index >= 15 is 0 Å². The number of hydrogen-bond acceptors (Lipinski definition) is 3. The third-order valence-electron chi connectivity index (χ3n) is 3.16. The number of benzene rings is 1. The van der Waals surface area contributed by atoms with Crippen molar-refractivity contribution in [1.29, 1.82) is 0 Å². The molecule has 0 saturated carbocycles. The van der Waals surface area contributed by atoms with Crippen LogP contribution >= 0.6 is 27.5 Å². The molecule has 0 heterocycles. The second kappa shape index (κ2) is 10.7. The average molecular weight is 434 g/mol. The van der Waals surface area contributed by atoms with Gasteiger partial charge in [0.1, 0.15) is 5.75 Å². The first-order chi connectivity index (χ1) is 11.7. The topological polar surface area (TPSA) is 67.4 Å². The van der Waals surface area contributed by atoms with Crippen molar-refractivity contribution in [2.75, 3.05) is 19.7 Å². The Morgan fingerprint density at radius 2 is 1.80 bits per heavy atom. The maximum absolute atomic E-state index is 11.7. The summed E-state index contributed by atoms with van der Waals surface area (Å²) in [7, 11) is 0. The van der Waals surface area contributed by atoms with Crippen molar-refractivity contribution < 1.29 is 14.3 Å². The van der Waals surface area contributed by atoms with Crippen LogP contribution in [0.5, 0.6) is 5.75 Å². The van der Waals surface area contributed by atoms with E-state index in [9.17, 15) is 9.59 Å². The van der Waals surface area contributed by atoms with E-state index in [-0.39, 0.29) is 17.2 Å². The van der Waals surface area contributed by atoms with Gasteiger partial charge >= 0.3 is 0 Å². The van der Waals surface area contributed by atoms with E-state index in [4.69, 9.17) is 16.3 Å². The smallest absolute Gasteiger partial charge is 0.220 e. The van der Waals surface area contributed by atoms with Gasteiger partial charge < -0.3 is 15.4 Å². The molecular weight excluding hydrogens is 408 g/mol. The number of hydrogen-bond donors (Lipinski definition) is 2. The molecule has 25 heavy (non-hydrogen) atoms. The maximum atomic E-state index is 11.7. The molecule has 1 aromatic carbocycles. The third-order valence-corrected chi connectivity index (χ3v) is 3.95. The maximum Gasteiger partial charge on any atom is 0.220 e. The zero-order chi connectivity index (χ0) is 18.9. The number of halogens is 2. The van der Waals surface area contributed by atoms with Gasteiger partial charge in [0.15, 0.2) is 0 Å². The third kappa shape index (κ3) is 10.3. The Morgan fingerprint density at radius 1 is 1.16 bits per heavy atom. The highest BCUT2D eigenvalue weighted by Crippen LogP contribution is 2.27. The van der Waals surface area contributed by atoms with Crippen LogP contribution < -0.4 is 15.4 Å². The number of rotatable bonds is 9. The van der Waals surface area contributed by atoms with Gasteiger partial charge in [0.2, 0.25) is 11.8 Å². The Balaban J connectivity index is 2.10. The van der Waals surface area contributed by atoms with Gasteiger partial charge in [-0.2, -0.15) is 0 Å². The van der Waals surface area contributed by atoms with E-state index in [0.29, 0.717) is 49.7 Å². The monoisotopic (exact) mass is 432 g/mol. The highest BCUT2D eigenvalue weighted by molar-refractivity contribution is 9.10. The number of carbonyl (C=O) groups excluding carboxylic acids is 2. The SMILES string of the molecule is CC(C)(C)CC(=O)NCCNC(=O)CCCOc1ccc(Br)cc1Cl. The summed E-state index contributed by atoms with van der Waals surface area (Å²) in [5.74, 6) is 0.545. The summed E-state index contributed by atoms with van der Waals surface area (Å²) >= 11 is 9.38. The van der Waals surface area contributed by atoms with E-state index in [1.807, 2.05) is 26.8 Å². The van der Waals surface area contributed by atoms with Gasteiger partial charge in [-0.05, 0) is 30.0 Å². The van der Waals surface area contributed by atoms with Crippen molar-refractivity contribution in [2.24, 2.45) is 5.41 Å². The molecule has 0 aliphatic heterocycles. The molecule has 0 aliphatic rings. The molecule has 1 aromatic rings. The first-order valence-corrected chi connectivity index (χ1v) is 9.46. The van der Waals surface area contributed by atoms with Gasteiger partial charge in [-0.25, -0.2) is 0 Å². The van der Waals surface area contributed by atoms with Gasteiger partial charge in [-0.1, -0.05) is 48.3 Å². The van der Waals surface area contributed by atoms with E-state index in [0.717, 1.165) is 4.47 Å². The van der Waals surface area contributed by atoms with Crippen LogP contribution in [-0.4, -0.2) is 31.5 Å². The van der Waals surface area contributed by atoms with E-state index < -0.39 is 0 Å². The predicted octanol–water partition coefficient (Wildman–Crippen LogP) is 3.93. The van der Waals surface area contributed by atoms with Crippen molar-refractivity contribution in [2.45, 2.75) is 40.0 Å². The quantitative estimate of drug-likeness (QED) is 0.580. The summed E-state index contributed by atoms with van der Waals surface area (Å²) in [6, 6.07) is 5.40. The fourth-order valence-corrected chi connectivity index (χ4v) is 2.77. The van der Waals surface area contributed by atoms with Crippen molar-refractivity contribution >= 4 is 39.3 Å². The Labute approximate surface area is 163 Å². The minimum atomic E-state index is -0.0597. The van der Waals surface area contributed by atoms with E-state index in [2.05, 4.69) is 26.6 Å². The fraction of sp³-hybridized carbons (Fsp3) is 0.556. The molecule has 7 heteroatoms. The van der Waals surface area contributed by atoms with Crippen molar-refractivity contribution in [3.8, 4) is 5.75 Å². The molecule has 0 atom stereocenters. The summed E-state index contributed by atoms with van der Waals surface area (Å²) in [4.78, 5) is 23.4. The van der Waals surface area contributed by atoms with E-state index in [1.165, 1.54) is 0 Å². The highest BCUT2D eigenvalue weighted by atomic mass is 79.9. The molecule has 0 unspecified atom stereocenters. The minimum absolute atomic E-state index is 0.00141. The first kappa shape index (κ1) is 21.8. The van der Waals surface area contributed by atoms with Gasteiger partial charge in [0.25, 0.3) is 0 Å². The summed E-state index contributed by atoms with van der Waals surface area (Å²) < 4.78 is 6.44. The normalized spacial score (nSPS) is 11.1. The van der Waals surface area contributed by atoms with Gasteiger partial charge in [0, 0.05) is 30.4 Å². The summed E-state index contributed by atoms with van der Waals surface area (Å²) in [6.45, 7) is 7.31. The van der Waals surface area contributed by atoms with E-state index in [1.54, 1.807) is 12.1 Å². The molecule has 2 amide bonds. The highest BCUT2D eigenvalue weighted by Gasteiger charge is 2.15. The largest absolute Gasteiger partial charge is 0.492 e. The lowest BCUT2D eigenvalue weighted by molar-refractivity contribution is -0.124. The molecule has 0 aliphatic carbocycles. The second-order valence-electron chi connectivity index (χ2n) is 6.96. The van der Waals surface area contributed by atoms with Crippen LogP contribution in [0.3, 0.4) is 0 Å². The number of ether oxygens (including phenoxy) is 1. The van der Waals surface area contributed by atoms with Crippen LogP contribution in [0.1, 0.15) is 40.0 Å². The number of carbonyl (C=O) groups is 2. The first-order valence-electron chi connectivity index (χ1n) is 8.28. The van der Waals surface area contributed by atoms with Crippen LogP contribution in [0.4, 0.5) is 0 Å². The van der Waals surface area contributed by atoms with Crippen LogP contribution in [-0.2, 0) is 9.59 Å². The zero-order valence-electron chi connectivity index (χ0n) is 15.0. The molecule has 2 N–H and O–H groups in total. The molecule has 0 saturated heterocycles. The summed E-state index contributed by atoms with van der Waals surface area (Å²) in [5, 5.41) is 6.11. The van der Waals surface area contributed by atoms with Gasteiger partial charge in [-0.15, -0.1) is 0 Å². The molecular formula is C18H26BrClN2O3. The Morgan fingerprint density at radius 3 is 2.40 bits per heavy atom. The summed E-state index contributed by atoms with van der Waals surface area (Å²) in [6.07, 6.45) is 1.43. The molecule has 140 valence electrons. The second-order valence-corrected chi connectivity index (χ2v) is 8.29. The van der Waals surface area contributed by atoms with Crippen molar-refractivity contribution in [1.82, 2.24) is 10.6 Å². The van der Waals surface area contributed by atoms with Crippen LogP contribution in [0, 0.1) is 5.41 Å². The standard InChI is InChI=1S/C18H26BrClN2O3/c1-18(2,3)12-17(24)22-9-8-21-16(23)5-4-10-25-15-7-6-13(19)11-14(15)20/h6-7,11H,4-5,8-10,12H2,1-3H3,(H,21,23)(H,22,24). The zero-order valence-corrected chi connectivity index (χ0v) is 17.3. The molecule has 0 radical (unpaired) electrons. The lowest BCUT2D eigenvalue weighted by Crippen LogP contribution is -2.35. The lowest BCUT2D eigenvalue weighted by Gasteiger charge is -2.17. The molecule has 1 rings (SSSR count). The molecule has 0 aromatic heterocycles. The lowest BCUT2D eigenvalue weighted by atomic mass is 9.92. The van der Waals surface area contributed by atoms with Crippen LogP contribution in [0.2, 0.25) is 5.02 Å². The minimum Gasteiger partial charge on any atom is -0.492 e. The summed E-state index contributed by atoms with van der Waals surface area (Å²) in [5.41, 5.74) is -0.0366. The Kier molecular flexibility index (Phi) is 9.28. The Hall–Kier alpha value is -1.27. The molecule has 5 nitrogen and oxygen atoms in total. The van der Waals surface area contributed by atoms with Crippen LogP contribution in [0.15, 0.2) is 22.7 Å². The average Bonchev–Trinajstić information content (AvgIpc) is 2.48. The number of amides is 2. The molecule has 0 fully saturated rings. The Bertz CT molecular complexity index is 588. The molecule has 0 spiro atoms. The van der Waals surface area contributed by atoms with Crippen molar-refractivity contribution in [3.63, 3.8) is 0 Å². The molecule has 0 bridgehead atoms. The predicted molar refractivity (Wildman–Crippen MR) is 104 cm³/mol. The fourth-order valence-electron chi connectivity index (χ4n) is 2.04.